The summed E-state index contributed by atoms with van der Waals surface area (Å²) < 4.78 is 0. The average molecular weight is 252 g/mol. The molecule has 1 aliphatic carbocycles. The van der Waals surface area contributed by atoms with Crippen LogP contribution in [-0.2, 0) is 0 Å². The molecule has 0 amide bonds. The topological polar surface area (TPSA) is 0 Å². The smallest absolute Gasteiger partial charge is 0.0556 e. The maximum atomic E-state index is 5.99. The molecule has 60 valence electrons. The third kappa shape index (κ3) is 1.63. The van der Waals surface area contributed by atoms with Gasteiger partial charge in [-0.3, -0.25) is 0 Å². The highest BCUT2D eigenvalue weighted by molar-refractivity contribution is 9.09. The third-order valence-corrected chi connectivity index (χ3v) is 4.88. The van der Waals surface area contributed by atoms with Gasteiger partial charge in [0.2, 0.25) is 0 Å². The monoisotopic (exact) mass is 250 g/mol. The predicted molar refractivity (Wildman–Crippen MR) is 53.7 cm³/mol. The molecule has 0 saturated heterocycles. The molecule has 0 aliphatic heterocycles. The minimum atomic E-state index is 0.509. The van der Waals surface area contributed by atoms with E-state index in [1.54, 1.807) is 11.3 Å². The molecule has 1 fully saturated rings. The lowest BCUT2D eigenvalue weighted by Gasteiger charge is -2.04. The second-order valence-electron chi connectivity index (χ2n) is 2.87. The molecule has 1 unspecified atom stereocenters. The molecule has 1 aromatic rings. The zero-order valence-corrected chi connectivity index (χ0v) is 9.05. The van der Waals surface area contributed by atoms with Crippen molar-refractivity contribution in [1.82, 2.24) is 0 Å². The van der Waals surface area contributed by atoms with Gasteiger partial charge in [-0.15, -0.1) is 11.3 Å². The third-order valence-electron chi connectivity index (χ3n) is 1.93. The van der Waals surface area contributed by atoms with Crippen molar-refractivity contribution >= 4 is 38.9 Å². The first-order valence-electron chi connectivity index (χ1n) is 3.66. The van der Waals surface area contributed by atoms with Crippen LogP contribution in [0.15, 0.2) is 11.4 Å². The number of rotatable bonds is 2. The van der Waals surface area contributed by atoms with Gasteiger partial charge in [-0.25, -0.2) is 0 Å². The van der Waals surface area contributed by atoms with Crippen molar-refractivity contribution in [2.75, 3.05) is 0 Å². The maximum absolute atomic E-state index is 5.99. The highest BCUT2D eigenvalue weighted by atomic mass is 79.9. The molecule has 1 aliphatic rings. The Morgan fingerprint density at radius 3 is 2.82 bits per heavy atom. The van der Waals surface area contributed by atoms with Crippen molar-refractivity contribution in [1.29, 1.82) is 0 Å². The summed E-state index contributed by atoms with van der Waals surface area (Å²) in [5.74, 6) is 0.839. The van der Waals surface area contributed by atoms with Gasteiger partial charge in [0.25, 0.3) is 0 Å². The van der Waals surface area contributed by atoms with Gasteiger partial charge in [-0.2, -0.15) is 0 Å². The summed E-state index contributed by atoms with van der Waals surface area (Å²) in [6.45, 7) is 0. The standard InChI is InChI=1S/C8H8BrClS/c9-7(5-1-2-5)8-6(10)3-4-11-8/h3-5,7H,1-2H2. The Morgan fingerprint density at radius 1 is 1.64 bits per heavy atom. The molecule has 11 heavy (non-hydrogen) atoms. The van der Waals surface area contributed by atoms with Gasteiger partial charge in [0.1, 0.15) is 0 Å². The molecular formula is C8H8BrClS. The largest absolute Gasteiger partial charge is 0.146 e. The van der Waals surface area contributed by atoms with Crippen LogP contribution >= 0.6 is 38.9 Å². The van der Waals surface area contributed by atoms with E-state index in [-0.39, 0.29) is 0 Å². The van der Waals surface area contributed by atoms with Crippen molar-refractivity contribution in [2.24, 2.45) is 5.92 Å². The van der Waals surface area contributed by atoms with Gasteiger partial charge in [-0.1, -0.05) is 27.5 Å². The van der Waals surface area contributed by atoms with Crippen LogP contribution in [0.4, 0.5) is 0 Å². The summed E-state index contributed by atoms with van der Waals surface area (Å²) in [4.78, 5) is 1.81. The van der Waals surface area contributed by atoms with E-state index in [1.807, 2.05) is 11.4 Å². The van der Waals surface area contributed by atoms with Gasteiger partial charge >= 0.3 is 0 Å². The lowest BCUT2D eigenvalue weighted by molar-refractivity contribution is 0.837. The van der Waals surface area contributed by atoms with Crippen LogP contribution in [0.5, 0.6) is 0 Å². The Labute approximate surface area is 83.7 Å². The van der Waals surface area contributed by atoms with E-state index in [2.05, 4.69) is 15.9 Å². The van der Waals surface area contributed by atoms with Gasteiger partial charge in [0.15, 0.2) is 0 Å². The lowest BCUT2D eigenvalue weighted by atomic mass is 10.2. The molecule has 0 nitrogen and oxygen atoms in total. The van der Waals surface area contributed by atoms with E-state index in [9.17, 15) is 0 Å². The summed E-state index contributed by atoms with van der Waals surface area (Å²) in [6.07, 6.45) is 2.70. The number of hydrogen-bond acceptors (Lipinski definition) is 1. The summed E-state index contributed by atoms with van der Waals surface area (Å²) >= 11 is 11.4. The number of thiophene rings is 1. The minimum Gasteiger partial charge on any atom is -0.146 e. The first-order valence-corrected chi connectivity index (χ1v) is 5.83. The van der Waals surface area contributed by atoms with Crippen LogP contribution in [0.3, 0.4) is 0 Å². The maximum Gasteiger partial charge on any atom is 0.0556 e. The van der Waals surface area contributed by atoms with E-state index < -0.39 is 0 Å². The SMILES string of the molecule is Clc1ccsc1C(Br)C1CC1. The first-order chi connectivity index (χ1) is 5.29. The highest BCUT2D eigenvalue weighted by Gasteiger charge is 2.32. The molecule has 0 N–H and O–H groups in total. The summed E-state index contributed by atoms with van der Waals surface area (Å²) in [5, 5.41) is 2.97. The van der Waals surface area contributed by atoms with Crippen molar-refractivity contribution < 1.29 is 0 Å². The van der Waals surface area contributed by atoms with Gasteiger partial charge in [-0.05, 0) is 30.2 Å². The normalized spacial score (nSPS) is 20.2. The van der Waals surface area contributed by atoms with E-state index in [0.29, 0.717) is 4.83 Å². The van der Waals surface area contributed by atoms with Gasteiger partial charge in [0.05, 0.1) is 9.85 Å². The first kappa shape index (κ1) is 8.09. The molecule has 0 radical (unpaired) electrons. The van der Waals surface area contributed by atoms with Crippen LogP contribution in [0.1, 0.15) is 22.5 Å². The van der Waals surface area contributed by atoms with E-state index >= 15 is 0 Å². The molecule has 2 rings (SSSR count). The van der Waals surface area contributed by atoms with Crippen LogP contribution in [-0.4, -0.2) is 0 Å². The fraction of sp³-hybridized carbons (Fsp3) is 0.500. The Bertz CT molecular complexity index is 254. The fourth-order valence-electron chi connectivity index (χ4n) is 1.11. The lowest BCUT2D eigenvalue weighted by Crippen LogP contribution is -1.87. The van der Waals surface area contributed by atoms with Crippen LogP contribution in [0, 0.1) is 5.92 Å². The summed E-state index contributed by atoms with van der Waals surface area (Å²) in [7, 11) is 0. The Hall–Kier alpha value is 0.470. The zero-order valence-electron chi connectivity index (χ0n) is 5.89. The number of halogens is 2. The van der Waals surface area contributed by atoms with Crippen molar-refractivity contribution in [3.8, 4) is 0 Å². The fourth-order valence-corrected chi connectivity index (χ4v) is 3.58. The van der Waals surface area contributed by atoms with Gasteiger partial charge < -0.3 is 0 Å². The molecule has 0 spiro atoms. The number of hydrogen-bond donors (Lipinski definition) is 0. The van der Waals surface area contributed by atoms with Gasteiger partial charge in [0, 0.05) is 4.88 Å². The van der Waals surface area contributed by atoms with Crippen LogP contribution in [0.2, 0.25) is 5.02 Å². The molecule has 1 heterocycles. The quantitative estimate of drug-likeness (QED) is 0.690. The average Bonchev–Trinajstić information content (AvgIpc) is 2.74. The molecule has 1 saturated carbocycles. The van der Waals surface area contributed by atoms with Crippen molar-refractivity contribution in [2.45, 2.75) is 17.7 Å². The van der Waals surface area contributed by atoms with Crippen LogP contribution < -0.4 is 0 Å². The summed E-state index contributed by atoms with van der Waals surface area (Å²) in [6, 6.07) is 1.97. The molecule has 0 aromatic carbocycles. The van der Waals surface area contributed by atoms with Crippen LogP contribution in [0.25, 0.3) is 0 Å². The number of alkyl halides is 1. The van der Waals surface area contributed by atoms with E-state index in [4.69, 9.17) is 11.6 Å². The second kappa shape index (κ2) is 3.08. The minimum absolute atomic E-state index is 0.509. The Kier molecular flexibility index (Phi) is 2.26. The highest BCUT2D eigenvalue weighted by Crippen LogP contribution is 2.49. The van der Waals surface area contributed by atoms with E-state index in [1.165, 1.54) is 17.7 Å². The molecule has 0 bridgehead atoms. The van der Waals surface area contributed by atoms with Crippen molar-refractivity contribution in [3.05, 3.63) is 21.3 Å². The molecule has 1 atom stereocenters. The molecule has 3 heteroatoms. The zero-order chi connectivity index (χ0) is 7.84. The van der Waals surface area contributed by atoms with Crippen molar-refractivity contribution in [3.63, 3.8) is 0 Å². The predicted octanol–water partition coefficient (Wildman–Crippen LogP) is 4.25. The summed E-state index contributed by atoms with van der Waals surface area (Å²) in [5.41, 5.74) is 0. The molecule has 1 aromatic heterocycles. The van der Waals surface area contributed by atoms with E-state index in [0.717, 1.165) is 10.9 Å². The Morgan fingerprint density at radius 2 is 2.36 bits per heavy atom. The molecular weight excluding hydrogens is 244 g/mol. The Balaban J connectivity index is 2.20. The second-order valence-corrected chi connectivity index (χ2v) is 5.21.